The van der Waals surface area contributed by atoms with E-state index < -0.39 is 4.92 Å². The van der Waals surface area contributed by atoms with Gasteiger partial charge in [0.25, 0.3) is 0 Å². The lowest BCUT2D eigenvalue weighted by Gasteiger charge is -2.14. The quantitative estimate of drug-likeness (QED) is 0.595. The standard InChI is InChI=1S/C12H18N2O4/c1-4-17-12-7-10(18-9(2)8-13-3)5-6-11(12)14(15)16/h5-7,9,13H,4,8H2,1-3H3. The molecule has 0 aliphatic heterocycles. The molecule has 1 N–H and O–H groups in total. The molecule has 0 aliphatic rings. The lowest BCUT2D eigenvalue weighted by molar-refractivity contribution is -0.385. The Balaban J connectivity index is 2.88. The van der Waals surface area contributed by atoms with Crippen LogP contribution in [0.3, 0.4) is 0 Å². The topological polar surface area (TPSA) is 73.6 Å². The molecule has 6 nitrogen and oxygen atoms in total. The van der Waals surface area contributed by atoms with E-state index >= 15 is 0 Å². The number of nitrogens with one attached hydrogen (secondary N) is 1. The van der Waals surface area contributed by atoms with Gasteiger partial charge >= 0.3 is 5.69 Å². The number of nitro groups is 1. The van der Waals surface area contributed by atoms with Gasteiger partial charge in [-0.25, -0.2) is 0 Å². The van der Waals surface area contributed by atoms with Crippen molar-refractivity contribution < 1.29 is 14.4 Å². The van der Waals surface area contributed by atoms with Gasteiger partial charge in [-0.05, 0) is 27.0 Å². The molecule has 0 spiro atoms. The van der Waals surface area contributed by atoms with Crippen molar-refractivity contribution in [1.82, 2.24) is 5.32 Å². The van der Waals surface area contributed by atoms with E-state index in [0.29, 0.717) is 18.9 Å². The Morgan fingerprint density at radius 2 is 2.22 bits per heavy atom. The molecule has 1 aromatic carbocycles. The first-order chi connectivity index (χ1) is 8.58. The minimum absolute atomic E-state index is 0.0223. The van der Waals surface area contributed by atoms with Crippen LogP contribution in [0, 0.1) is 10.1 Å². The van der Waals surface area contributed by atoms with Crippen LogP contribution in [0.15, 0.2) is 18.2 Å². The average molecular weight is 254 g/mol. The predicted molar refractivity (Wildman–Crippen MR) is 68.3 cm³/mol. The first-order valence-corrected chi connectivity index (χ1v) is 5.81. The SMILES string of the molecule is CCOc1cc(OC(C)CNC)ccc1[N+](=O)[O-]. The number of hydrogen-bond donors (Lipinski definition) is 1. The van der Waals surface area contributed by atoms with Crippen LogP contribution >= 0.6 is 0 Å². The third-order valence-corrected chi connectivity index (χ3v) is 2.26. The average Bonchev–Trinajstić information content (AvgIpc) is 2.29. The number of ether oxygens (including phenoxy) is 2. The van der Waals surface area contributed by atoms with E-state index in [1.165, 1.54) is 6.07 Å². The predicted octanol–water partition coefficient (Wildman–Crippen LogP) is 1.98. The van der Waals surface area contributed by atoms with Crippen LogP contribution in [-0.4, -0.2) is 31.2 Å². The molecule has 1 aromatic rings. The first kappa shape index (κ1) is 14.2. The van der Waals surface area contributed by atoms with Gasteiger partial charge in [-0.3, -0.25) is 10.1 Å². The summed E-state index contributed by atoms with van der Waals surface area (Å²) in [5.41, 5.74) is -0.0505. The maximum absolute atomic E-state index is 10.8. The van der Waals surface area contributed by atoms with E-state index in [0.717, 1.165) is 0 Å². The number of benzene rings is 1. The van der Waals surface area contributed by atoms with Crippen LogP contribution in [0.25, 0.3) is 0 Å². The van der Waals surface area contributed by atoms with Gasteiger partial charge in [0.2, 0.25) is 5.75 Å². The second-order valence-corrected chi connectivity index (χ2v) is 3.81. The molecule has 18 heavy (non-hydrogen) atoms. The van der Waals surface area contributed by atoms with E-state index in [2.05, 4.69) is 5.32 Å². The van der Waals surface area contributed by atoms with Crippen molar-refractivity contribution in [2.45, 2.75) is 20.0 Å². The van der Waals surface area contributed by atoms with Crippen molar-refractivity contribution in [2.75, 3.05) is 20.2 Å². The third-order valence-electron chi connectivity index (χ3n) is 2.26. The van der Waals surface area contributed by atoms with Crippen molar-refractivity contribution >= 4 is 5.69 Å². The Kier molecular flexibility index (Phi) is 5.38. The molecule has 0 amide bonds. The Labute approximate surface area is 106 Å². The molecule has 1 rings (SSSR count). The Hall–Kier alpha value is -1.82. The summed E-state index contributed by atoms with van der Waals surface area (Å²) < 4.78 is 10.9. The lowest BCUT2D eigenvalue weighted by atomic mass is 10.2. The van der Waals surface area contributed by atoms with Crippen molar-refractivity contribution in [3.05, 3.63) is 28.3 Å². The van der Waals surface area contributed by atoms with Crippen LogP contribution < -0.4 is 14.8 Å². The number of nitrogens with zero attached hydrogens (tertiary/aromatic N) is 1. The molecule has 100 valence electrons. The summed E-state index contributed by atoms with van der Waals surface area (Å²) in [7, 11) is 1.83. The van der Waals surface area contributed by atoms with Crippen molar-refractivity contribution in [3.63, 3.8) is 0 Å². The maximum atomic E-state index is 10.8. The highest BCUT2D eigenvalue weighted by atomic mass is 16.6. The molecule has 0 saturated heterocycles. The highest BCUT2D eigenvalue weighted by Gasteiger charge is 2.16. The summed E-state index contributed by atoms with van der Waals surface area (Å²) >= 11 is 0. The molecule has 1 unspecified atom stereocenters. The number of rotatable bonds is 7. The van der Waals surface area contributed by atoms with Crippen LogP contribution in [0.4, 0.5) is 5.69 Å². The first-order valence-electron chi connectivity index (χ1n) is 5.81. The minimum atomic E-state index is -0.466. The summed E-state index contributed by atoms with van der Waals surface area (Å²) in [6, 6.07) is 4.52. The van der Waals surface area contributed by atoms with Gasteiger partial charge in [0.1, 0.15) is 11.9 Å². The highest BCUT2D eigenvalue weighted by Crippen LogP contribution is 2.31. The van der Waals surface area contributed by atoms with E-state index in [1.54, 1.807) is 19.1 Å². The van der Waals surface area contributed by atoms with Gasteiger partial charge in [0, 0.05) is 18.7 Å². The molecule has 0 bridgehead atoms. The zero-order valence-electron chi connectivity index (χ0n) is 10.8. The summed E-state index contributed by atoms with van der Waals surface area (Å²) in [6.07, 6.45) is -0.0223. The molecule has 0 radical (unpaired) electrons. The van der Waals surface area contributed by atoms with Gasteiger partial charge in [0.05, 0.1) is 11.5 Å². The van der Waals surface area contributed by atoms with Crippen molar-refractivity contribution in [1.29, 1.82) is 0 Å². The molecule has 0 aliphatic carbocycles. The zero-order valence-corrected chi connectivity index (χ0v) is 10.8. The van der Waals surface area contributed by atoms with Crippen LogP contribution in [0.1, 0.15) is 13.8 Å². The summed E-state index contributed by atoms with van der Waals surface area (Å²) in [4.78, 5) is 10.3. The number of hydrogen-bond acceptors (Lipinski definition) is 5. The lowest BCUT2D eigenvalue weighted by Crippen LogP contribution is -2.26. The smallest absolute Gasteiger partial charge is 0.311 e. The van der Waals surface area contributed by atoms with Gasteiger partial charge in [-0.2, -0.15) is 0 Å². The molecule has 0 fully saturated rings. The zero-order chi connectivity index (χ0) is 13.5. The summed E-state index contributed by atoms with van der Waals surface area (Å²) in [5.74, 6) is 0.795. The minimum Gasteiger partial charge on any atom is -0.489 e. The normalized spacial score (nSPS) is 11.9. The van der Waals surface area contributed by atoms with Crippen LogP contribution in [0.2, 0.25) is 0 Å². The van der Waals surface area contributed by atoms with E-state index in [9.17, 15) is 10.1 Å². The number of nitro benzene ring substituents is 1. The van der Waals surface area contributed by atoms with Gasteiger partial charge < -0.3 is 14.8 Å². The Bertz CT molecular complexity index is 409. The van der Waals surface area contributed by atoms with Gasteiger partial charge in [0.15, 0.2) is 0 Å². The largest absolute Gasteiger partial charge is 0.489 e. The van der Waals surface area contributed by atoms with Crippen molar-refractivity contribution in [2.24, 2.45) is 0 Å². The van der Waals surface area contributed by atoms with Crippen molar-refractivity contribution in [3.8, 4) is 11.5 Å². The van der Waals surface area contributed by atoms with E-state index in [4.69, 9.17) is 9.47 Å². The Morgan fingerprint density at radius 3 is 2.78 bits per heavy atom. The molecule has 1 atom stereocenters. The molecule has 6 heteroatoms. The van der Waals surface area contributed by atoms with E-state index in [-0.39, 0.29) is 17.5 Å². The maximum Gasteiger partial charge on any atom is 0.311 e. The second kappa shape index (κ2) is 6.80. The van der Waals surface area contributed by atoms with Gasteiger partial charge in [-0.1, -0.05) is 0 Å². The molecule has 0 heterocycles. The fourth-order valence-corrected chi connectivity index (χ4v) is 1.55. The Morgan fingerprint density at radius 1 is 1.50 bits per heavy atom. The van der Waals surface area contributed by atoms with Crippen LogP contribution in [-0.2, 0) is 0 Å². The molecule has 0 saturated carbocycles. The fourth-order valence-electron chi connectivity index (χ4n) is 1.55. The monoisotopic (exact) mass is 254 g/mol. The molecular weight excluding hydrogens is 236 g/mol. The van der Waals surface area contributed by atoms with Crippen LogP contribution in [0.5, 0.6) is 11.5 Å². The summed E-state index contributed by atoms with van der Waals surface area (Å²) in [6.45, 7) is 4.76. The van der Waals surface area contributed by atoms with E-state index in [1.807, 2.05) is 14.0 Å². The molecular formula is C12H18N2O4. The second-order valence-electron chi connectivity index (χ2n) is 3.81. The number of likely N-dealkylation sites (N-methyl/N-ethyl adjacent to an activating group) is 1. The molecule has 0 aromatic heterocycles. The third kappa shape index (κ3) is 3.89. The van der Waals surface area contributed by atoms with Gasteiger partial charge in [-0.15, -0.1) is 0 Å². The highest BCUT2D eigenvalue weighted by molar-refractivity contribution is 5.50. The summed E-state index contributed by atoms with van der Waals surface area (Å²) in [5, 5.41) is 13.8. The fraction of sp³-hybridized carbons (Fsp3) is 0.500.